The third-order valence-electron chi connectivity index (χ3n) is 5.21. The number of urea groups is 2. The van der Waals surface area contributed by atoms with Crippen LogP contribution in [-0.4, -0.2) is 82.8 Å². The molecule has 1 saturated heterocycles. The maximum atomic E-state index is 11.9. The summed E-state index contributed by atoms with van der Waals surface area (Å²) in [5.74, 6) is -0.706. The molecule has 1 atom stereocenters. The minimum Gasteiger partial charge on any atom is -0.325 e. The zero-order valence-corrected chi connectivity index (χ0v) is 19.9. The molecule has 1 unspecified atom stereocenters. The topological polar surface area (TPSA) is 161 Å². The summed E-state index contributed by atoms with van der Waals surface area (Å²) in [6.07, 6.45) is 5.88. The number of nitroso groups, excluding NO2 is 2. The molecule has 0 aromatic carbocycles. The number of carbonyl (C=O) groups excluding carboxylic acids is 4. The number of nitrogens with one attached hydrogen (secondary N) is 2. The first-order chi connectivity index (χ1) is 15.8. The maximum absolute atomic E-state index is 11.9. The van der Waals surface area contributed by atoms with Crippen molar-refractivity contribution >= 4 is 47.1 Å². The lowest BCUT2D eigenvalue weighted by molar-refractivity contribution is -0.134. The highest BCUT2D eigenvalue weighted by molar-refractivity contribution is 6.18. The quantitative estimate of drug-likeness (QED) is 0.220. The fraction of sp³-hybridized carbons (Fsp3) is 0.778. The molecule has 186 valence electrons. The number of halogens is 2. The number of rotatable bonds is 8. The van der Waals surface area contributed by atoms with Gasteiger partial charge < -0.3 is 10.2 Å². The van der Waals surface area contributed by atoms with Gasteiger partial charge in [0.15, 0.2) is 0 Å². The Balaban J connectivity index is 0.000000331. The van der Waals surface area contributed by atoms with Gasteiger partial charge in [-0.1, -0.05) is 19.3 Å². The highest BCUT2D eigenvalue weighted by Crippen LogP contribution is 2.22. The van der Waals surface area contributed by atoms with Crippen LogP contribution in [0.1, 0.15) is 44.9 Å². The van der Waals surface area contributed by atoms with E-state index in [9.17, 15) is 29.0 Å². The summed E-state index contributed by atoms with van der Waals surface area (Å²) in [6, 6.07) is -1.75. The van der Waals surface area contributed by atoms with E-state index in [-0.39, 0.29) is 55.7 Å². The number of alkyl halides is 2. The average Bonchev–Trinajstić information content (AvgIpc) is 2.82. The summed E-state index contributed by atoms with van der Waals surface area (Å²) < 4.78 is 0. The lowest BCUT2D eigenvalue weighted by Gasteiger charge is -2.32. The average molecular weight is 510 g/mol. The Morgan fingerprint density at radius 2 is 1.58 bits per heavy atom. The number of imide groups is 1. The third kappa shape index (κ3) is 9.46. The van der Waals surface area contributed by atoms with Crippen molar-refractivity contribution in [3.8, 4) is 0 Å². The van der Waals surface area contributed by atoms with Crippen LogP contribution in [0.15, 0.2) is 10.6 Å². The van der Waals surface area contributed by atoms with Gasteiger partial charge in [-0.2, -0.15) is 10.0 Å². The lowest BCUT2D eigenvalue weighted by atomic mass is 9.95. The van der Waals surface area contributed by atoms with Crippen LogP contribution >= 0.6 is 23.2 Å². The summed E-state index contributed by atoms with van der Waals surface area (Å²) in [5, 5.41) is 11.0. The molecule has 15 heteroatoms. The Morgan fingerprint density at radius 3 is 2.09 bits per heavy atom. The maximum Gasteiger partial charge on any atom is 0.343 e. The zero-order valence-electron chi connectivity index (χ0n) is 18.4. The Hall–Kier alpha value is -2.54. The van der Waals surface area contributed by atoms with Crippen molar-refractivity contribution in [1.29, 1.82) is 0 Å². The smallest absolute Gasteiger partial charge is 0.325 e. The van der Waals surface area contributed by atoms with Crippen LogP contribution in [0.5, 0.6) is 0 Å². The zero-order chi connectivity index (χ0) is 24.8. The summed E-state index contributed by atoms with van der Waals surface area (Å²) >= 11 is 10.9. The van der Waals surface area contributed by atoms with Crippen molar-refractivity contribution in [2.24, 2.45) is 10.6 Å². The molecule has 0 radical (unpaired) electrons. The van der Waals surface area contributed by atoms with Crippen molar-refractivity contribution in [2.45, 2.75) is 57.0 Å². The van der Waals surface area contributed by atoms with Gasteiger partial charge in [-0.05, 0) is 19.3 Å². The van der Waals surface area contributed by atoms with Crippen LogP contribution in [0.3, 0.4) is 0 Å². The molecule has 1 aliphatic carbocycles. The molecule has 13 nitrogen and oxygen atoms in total. The van der Waals surface area contributed by atoms with Gasteiger partial charge in [-0.3, -0.25) is 14.9 Å². The monoisotopic (exact) mass is 509 g/mol. The normalized spacial score (nSPS) is 18.2. The molecule has 2 rings (SSSR count). The molecule has 0 aromatic heterocycles. The molecule has 0 aromatic rings. The second-order valence-electron chi connectivity index (χ2n) is 7.43. The molecule has 33 heavy (non-hydrogen) atoms. The predicted octanol–water partition coefficient (Wildman–Crippen LogP) is 2.32. The van der Waals surface area contributed by atoms with E-state index in [0.717, 1.165) is 30.7 Å². The fourth-order valence-corrected chi connectivity index (χ4v) is 3.69. The van der Waals surface area contributed by atoms with Crippen molar-refractivity contribution in [1.82, 2.24) is 25.6 Å². The Labute approximate surface area is 201 Å². The summed E-state index contributed by atoms with van der Waals surface area (Å²) in [5.41, 5.74) is 0. The second-order valence-corrected chi connectivity index (χ2v) is 8.18. The Morgan fingerprint density at radius 1 is 1.00 bits per heavy atom. The largest absolute Gasteiger partial charge is 0.343 e. The minimum atomic E-state index is -0.834. The van der Waals surface area contributed by atoms with Crippen molar-refractivity contribution in [3.05, 3.63) is 9.81 Å². The first kappa shape index (κ1) is 28.5. The summed E-state index contributed by atoms with van der Waals surface area (Å²) in [4.78, 5) is 67.9. The van der Waals surface area contributed by atoms with E-state index in [1.807, 2.05) is 0 Å². The van der Waals surface area contributed by atoms with Crippen LogP contribution in [-0.2, 0) is 9.59 Å². The van der Waals surface area contributed by atoms with Crippen LogP contribution in [0.4, 0.5) is 9.59 Å². The number of nitrogens with zero attached hydrogens (tertiary/aromatic N) is 5. The highest BCUT2D eigenvalue weighted by Gasteiger charge is 2.29. The number of amides is 6. The van der Waals surface area contributed by atoms with Gasteiger partial charge in [0.25, 0.3) is 0 Å². The van der Waals surface area contributed by atoms with E-state index in [0.29, 0.717) is 5.01 Å². The highest BCUT2D eigenvalue weighted by atomic mass is 35.5. The first-order valence-electron chi connectivity index (χ1n) is 10.5. The molecule has 0 spiro atoms. The number of hydrogen-bond donors (Lipinski definition) is 2. The van der Waals surface area contributed by atoms with Crippen molar-refractivity contribution in [2.75, 3.05) is 31.9 Å². The van der Waals surface area contributed by atoms with E-state index < -0.39 is 18.0 Å². The van der Waals surface area contributed by atoms with Crippen LogP contribution in [0.25, 0.3) is 0 Å². The van der Waals surface area contributed by atoms with Crippen LogP contribution < -0.4 is 10.6 Å². The molecule has 6 amide bonds. The first-order valence-corrected chi connectivity index (χ1v) is 11.6. The van der Waals surface area contributed by atoms with Gasteiger partial charge in [-0.15, -0.1) is 33.0 Å². The minimum absolute atomic E-state index is 0.0501. The SMILES string of the molecule is CN(C(=O)N(CCCl)N=O)C1CCCCC1.O=NN(CCCl)C(=O)NC1CCC(=O)NC1=O. The molecule has 1 aliphatic heterocycles. The van der Waals surface area contributed by atoms with E-state index in [2.05, 4.69) is 21.2 Å². The van der Waals surface area contributed by atoms with Gasteiger partial charge in [0.2, 0.25) is 11.8 Å². The van der Waals surface area contributed by atoms with Crippen molar-refractivity contribution in [3.63, 3.8) is 0 Å². The Kier molecular flexibility index (Phi) is 13.2. The third-order valence-corrected chi connectivity index (χ3v) is 5.54. The van der Waals surface area contributed by atoms with E-state index in [4.69, 9.17) is 23.2 Å². The van der Waals surface area contributed by atoms with Crippen LogP contribution in [0, 0.1) is 9.81 Å². The molecular weight excluding hydrogens is 481 g/mol. The molecule has 2 fully saturated rings. The van der Waals surface area contributed by atoms with E-state index in [1.165, 1.54) is 6.42 Å². The molecule has 2 aliphatic rings. The van der Waals surface area contributed by atoms with Gasteiger partial charge in [-0.25, -0.2) is 9.59 Å². The van der Waals surface area contributed by atoms with Gasteiger partial charge in [0.05, 0.1) is 23.7 Å². The summed E-state index contributed by atoms with van der Waals surface area (Å²) in [6.45, 7) is 0.116. The number of carbonyl (C=O) groups is 4. The summed E-state index contributed by atoms with van der Waals surface area (Å²) in [7, 11) is 1.73. The van der Waals surface area contributed by atoms with Gasteiger partial charge in [0, 0.05) is 31.3 Å². The van der Waals surface area contributed by atoms with Gasteiger partial charge >= 0.3 is 12.1 Å². The second kappa shape index (κ2) is 15.3. The molecule has 2 N–H and O–H groups in total. The van der Waals surface area contributed by atoms with Crippen molar-refractivity contribution < 1.29 is 19.2 Å². The fourth-order valence-electron chi connectivity index (χ4n) is 3.37. The standard InChI is InChI=1S/C10H18ClN3O2.C8H11ClN4O4/c1-13(9-5-3-2-4-6-9)10(15)14(12-16)8-7-11;9-3-4-13(12-17)8(16)10-5-1-2-6(14)11-7(5)15/h9H,2-8H2,1H3;5H,1-4H2,(H,10,16)(H,11,14,15). The molecular formula is C18H29Cl2N7O6. The molecule has 1 heterocycles. The number of hydrogen-bond acceptors (Lipinski definition) is 8. The molecule has 1 saturated carbocycles. The lowest BCUT2D eigenvalue weighted by Crippen LogP contribution is -2.54. The van der Waals surface area contributed by atoms with E-state index >= 15 is 0 Å². The molecule has 0 bridgehead atoms. The Bertz CT molecular complexity index is 708. The number of piperidine rings is 1. The van der Waals surface area contributed by atoms with Crippen LogP contribution in [0.2, 0.25) is 0 Å². The predicted molar refractivity (Wildman–Crippen MR) is 121 cm³/mol. The van der Waals surface area contributed by atoms with Gasteiger partial charge in [0.1, 0.15) is 6.04 Å². The van der Waals surface area contributed by atoms with E-state index in [1.54, 1.807) is 11.9 Å².